The van der Waals surface area contributed by atoms with Gasteiger partial charge in [-0.25, -0.2) is 8.78 Å². The molecule has 0 radical (unpaired) electrons. The number of amidine groups is 1. The van der Waals surface area contributed by atoms with Crippen LogP contribution in [0.1, 0.15) is 12.0 Å². The molecule has 118 valence electrons. The molecule has 7 heteroatoms. The number of nitrogen functional groups attached to an aromatic ring is 1. The lowest BCUT2D eigenvalue weighted by Crippen LogP contribution is -2.31. The molecule has 0 aliphatic rings. The van der Waals surface area contributed by atoms with Crippen molar-refractivity contribution < 1.29 is 18.3 Å². The van der Waals surface area contributed by atoms with Crippen molar-refractivity contribution in [3.05, 3.63) is 29.3 Å². The van der Waals surface area contributed by atoms with Crippen LogP contribution in [-0.2, 0) is 9.47 Å². The summed E-state index contributed by atoms with van der Waals surface area (Å²) in [5.74, 6) is -1.86. The standard InChI is InChI=1S/C14H21F2N3O2/c1-20-6-3-4-19(5-7-21-2)13-11(15)8-10(14(17)18)9-12(13)16/h8-9H,3-7H2,1-2H3,(H3,17,18). The third-order valence-electron chi connectivity index (χ3n) is 2.99. The first-order valence-electron chi connectivity index (χ1n) is 6.57. The molecule has 0 amide bonds. The maximum Gasteiger partial charge on any atom is 0.150 e. The first-order valence-corrected chi connectivity index (χ1v) is 6.57. The molecule has 0 aromatic heterocycles. The first-order chi connectivity index (χ1) is 10.0. The molecule has 3 N–H and O–H groups in total. The fourth-order valence-electron chi connectivity index (χ4n) is 1.96. The van der Waals surface area contributed by atoms with Crippen LogP contribution >= 0.6 is 0 Å². The molecule has 0 bridgehead atoms. The predicted molar refractivity (Wildman–Crippen MR) is 78.0 cm³/mol. The minimum Gasteiger partial charge on any atom is -0.385 e. The van der Waals surface area contributed by atoms with Crippen molar-refractivity contribution in [2.75, 3.05) is 45.4 Å². The third kappa shape index (κ3) is 4.95. The van der Waals surface area contributed by atoms with Crippen LogP contribution < -0.4 is 10.6 Å². The normalized spacial score (nSPS) is 10.7. The summed E-state index contributed by atoms with van der Waals surface area (Å²) in [5, 5.41) is 7.25. The second-order valence-corrected chi connectivity index (χ2v) is 4.53. The molecule has 0 saturated heterocycles. The number of benzene rings is 1. The summed E-state index contributed by atoms with van der Waals surface area (Å²) in [6.07, 6.45) is 0.632. The average Bonchev–Trinajstić information content (AvgIpc) is 2.43. The van der Waals surface area contributed by atoms with Gasteiger partial charge in [0.2, 0.25) is 0 Å². The third-order valence-corrected chi connectivity index (χ3v) is 2.99. The van der Waals surface area contributed by atoms with Gasteiger partial charge in [-0.1, -0.05) is 0 Å². The van der Waals surface area contributed by atoms with Gasteiger partial charge in [-0.05, 0) is 18.6 Å². The molecule has 0 unspecified atom stereocenters. The van der Waals surface area contributed by atoms with Gasteiger partial charge in [0.1, 0.15) is 23.2 Å². The van der Waals surface area contributed by atoms with Gasteiger partial charge in [0.05, 0.1) is 6.61 Å². The fraction of sp³-hybridized carbons (Fsp3) is 0.500. The minimum absolute atomic E-state index is 0.0253. The van der Waals surface area contributed by atoms with Crippen LogP contribution in [0.5, 0.6) is 0 Å². The molecular weight excluding hydrogens is 280 g/mol. The Balaban J connectivity index is 3.02. The van der Waals surface area contributed by atoms with E-state index in [2.05, 4.69) is 0 Å². The van der Waals surface area contributed by atoms with Gasteiger partial charge in [0.15, 0.2) is 0 Å². The van der Waals surface area contributed by atoms with E-state index in [0.717, 1.165) is 12.1 Å². The van der Waals surface area contributed by atoms with Crippen molar-refractivity contribution in [2.45, 2.75) is 6.42 Å². The van der Waals surface area contributed by atoms with Gasteiger partial charge < -0.3 is 20.1 Å². The average molecular weight is 301 g/mol. The van der Waals surface area contributed by atoms with E-state index in [4.69, 9.17) is 20.6 Å². The number of nitrogens with zero attached hydrogens (tertiary/aromatic N) is 1. The largest absolute Gasteiger partial charge is 0.385 e. The van der Waals surface area contributed by atoms with Crippen molar-refractivity contribution in [2.24, 2.45) is 5.73 Å². The van der Waals surface area contributed by atoms with Gasteiger partial charge in [0, 0.05) is 39.5 Å². The number of hydrogen-bond acceptors (Lipinski definition) is 4. The topological polar surface area (TPSA) is 71.6 Å². The van der Waals surface area contributed by atoms with E-state index in [9.17, 15) is 8.78 Å². The second kappa shape index (κ2) is 8.53. The zero-order valence-electron chi connectivity index (χ0n) is 12.3. The minimum atomic E-state index is -0.742. The highest BCUT2D eigenvalue weighted by Gasteiger charge is 2.18. The number of halogens is 2. The fourth-order valence-corrected chi connectivity index (χ4v) is 1.96. The van der Waals surface area contributed by atoms with Crippen LogP contribution in [0.4, 0.5) is 14.5 Å². The van der Waals surface area contributed by atoms with E-state index in [-0.39, 0.29) is 17.1 Å². The molecule has 0 heterocycles. The number of ether oxygens (including phenoxy) is 2. The lowest BCUT2D eigenvalue weighted by Gasteiger charge is -2.25. The summed E-state index contributed by atoms with van der Waals surface area (Å²) in [6.45, 7) is 1.64. The van der Waals surface area contributed by atoms with Crippen molar-refractivity contribution in [3.63, 3.8) is 0 Å². The molecule has 0 spiro atoms. The van der Waals surface area contributed by atoms with E-state index in [0.29, 0.717) is 32.7 Å². The summed E-state index contributed by atoms with van der Waals surface area (Å²) >= 11 is 0. The highest BCUT2D eigenvalue weighted by molar-refractivity contribution is 5.95. The molecule has 0 atom stereocenters. The molecule has 1 rings (SSSR count). The summed E-state index contributed by atoms with van der Waals surface area (Å²) in [7, 11) is 3.10. The van der Waals surface area contributed by atoms with E-state index in [1.807, 2.05) is 0 Å². The summed E-state index contributed by atoms with van der Waals surface area (Å²) < 4.78 is 38.2. The smallest absolute Gasteiger partial charge is 0.150 e. The Morgan fingerprint density at radius 1 is 1.14 bits per heavy atom. The Bertz CT molecular complexity index is 460. The molecule has 0 aliphatic heterocycles. The molecule has 5 nitrogen and oxygen atoms in total. The molecule has 0 aliphatic carbocycles. The highest BCUT2D eigenvalue weighted by atomic mass is 19.1. The highest BCUT2D eigenvalue weighted by Crippen LogP contribution is 2.25. The van der Waals surface area contributed by atoms with Gasteiger partial charge in [-0.2, -0.15) is 0 Å². The van der Waals surface area contributed by atoms with Gasteiger partial charge in [-0.3, -0.25) is 5.41 Å². The van der Waals surface area contributed by atoms with Gasteiger partial charge in [-0.15, -0.1) is 0 Å². The summed E-state index contributed by atoms with van der Waals surface area (Å²) in [5.41, 5.74) is 5.15. The number of methoxy groups -OCH3 is 2. The van der Waals surface area contributed by atoms with Crippen LogP contribution in [0.25, 0.3) is 0 Å². The molecule has 0 fully saturated rings. The molecule has 1 aromatic carbocycles. The number of rotatable bonds is 9. The van der Waals surface area contributed by atoms with E-state index >= 15 is 0 Å². The van der Waals surface area contributed by atoms with E-state index in [1.165, 1.54) is 7.11 Å². The van der Waals surface area contributed by atoms with Crippen molar-refractivity contribution in [1.29, 1.82) is 5.41 Å². The van der Waals surface area contributed by atoms with Crippen LogP contribution in [-0.4, -0.2) is 46.4 Å². The Morgan fingerprint density at radius 3 is 2.19 bits per heavy atom. The van der Waals surface area contributed by atoms with Crippen molar-refractivity contribution in [3.8, 4) is 0 Å². The molecule has 21 heavy (non-hydrogen) atoms. The van der Waals surface area contributed by atoms with Crippen LogP contribution in [0, 0.1) is 17.0 Å². The van der Waals surface area contributed by atoms with Crippen molar-refractivity contribution in [1.82, 2.24) is 0 Å². The maximum absolute atomic E-state index is 14.2. The van der Waals surface area contributed by atoms with Crippen molar-refractivity contribution >= 4 is 11.5 Å². The summed E-state index contributed by atoms with van der Waals surface area (Å²) in [6, 6.07) is 2.13. The number of hydrogen-bond donors (Lipinski definition) is 2. The molecule has 0 saturated carbocycles. The van der Waals surface area contributed by atoms with Crippen LogP contribution in [0.15, 0.2) is 12.1 Å². The summed E-state index contributed by atoms with van der Waals surface area (Å²) in [4.78, 5) is 1.57. The zero-order chi connectivity index (χ0) is 15.8. The second-order valence-electron chi connectivity index (χ2n) is 4.53. The van der Waals surface area contributed by atoms with E-state index < -0.39 is 11.6 Å². The zero-order valence-corrected chi connectivity index (χ0v) is 12.3. The number of nitrogens with one attached hydrogen (secondary N) is 1. The van der Waals surface area contributed by atoms with Gasteiger partial charge in [0.25, 0.3) is 0 Å². The maximum atomic E-state index is 14.2. The Labute approximate surface area is 123 Å². The predicted octanol–water partition coefficient (Wildman–Crippen LogP) is 1.74. The Hall–Kier alpha value is -1.73. The number of nitrogens with two attached hydrogens (primary N) is 1. The van der Waals surface area contributed by atoms with Crippen LogP contribution in [0.2, 0.25) is 0 Å². The molecule has 1 aromatic rings. The lowest BCUT2D eigenvalue weighted by atomic mass is 10.1. The van der Waals surface area contributed by atoms with E-state index in [1.54, 1.807) is 12.0 Å². The first kappa shape index (κ1) is 17.3. The Kier molecular flexibility index (Phi) is 7.04. The van der Waals surface area contributed by atoms with Crippen LogP contribution in [0.3, 0.4) is 0 Å². The van der Waals surface area contributed by atoms with Gasteiger partial charge >= 0.3 is 0 Å². The molecular formula is C14H21F2N3O2. The Morgan fingerprint density at radius 2 is 1.71 bits per heavy atom. The SMILES string of the molecule is COCCCN(CCOC)c1c(F)cc(C(=N)N)cc1F. The quantitative estimate of drug-likeness (QED) is 0.414. The number of anilines is 1. The monoisotopic (exact) mass is 301 g/mol. The lowest BCUT2D eigenvalue weighted by molar-refractivity contribution is 0.190.